The zero-order valence-electron chi connectivity index (χ0n) is 38.0. The van der Waals surface area contributed by atoms with Crippen molar-refractivity contribution in [3.63, 3.8) is 0 Å². The molecule has 2 fully saturated rings. The summed E-state index contributed by atoms with van der Waals surface area (Å²) in [5.74, 6) is 13.1. The molecule has 0 spiro atoms. The van der Waals surface area contributed by atoms with E-state index in [9.17, 15) is 19.2 Å². The van der Waals surface area contributed by atoms with Gasteiger partial charge in [-0.3, -0.25) is 9.59 Å². The molecule has 3 unspecified atom stereocenters. The first-order valence-electron chi connectivity index (χ1n) is 22.0. The van der Waals surface area contributed by atoms with E-state index in [-0.39, 0.29) is 35.2 Å². The quantitative estimate of drug-likeness (QED) is 0.102. The average molecular weight is 877 g/mol. The van der Waals surface area contributed by atoms with E-state index in [2.05, 4.69) is 100 Å². The van der Waals surface area contributed by atoms with Crippen molar-refractivity contribution in [1.29, 1.82) is 0 Å². The summed E-state index contributed by atoms with van der Waals surface area (Å²) >= 11 is 0. The Morgan fingerprint density at radius 1 is 0.738 bits per heavy atom. The molecule has 0 radical (unpaired) electrons. The van der Waals surface area contributed by atoms with E-state index in [1.54, 1.807) is 34.3 Å². The molecule has 0 bridgehead atoms. The lowest BCUT2D eigenvalue weighted by atomic mass is 9.86. The Balaban J connectivity index is 1.12. The number of imidazole rings is 2. The van der Waals surface area contributed by atoms with Gasteiger partial charge in [-0.15, -0.1) is 0 Å². The lowest BCUT2D eigenvalue weighted by molar-refractivity contribution is -0.135. The highest BCUT2D eigenvalue weighted by Gasteiger charge is 2.39. The summed E-state index contributed by atoms with van der Waals surface area (Å²) in [4.78, 5) is 71.7. The van der Waals surface area contributed by atoms with E-state index in [1.165, 1.54) is 19.8 Å². The minimum atomic E-state index is -0.914. The van der Waals surface area contributed by atoms with Gasteiger partial charge in [0.05, 0.1) is 44.4 Å². The number of ether oxygens (including phenoxy) is 2. The van der Waals surface area contributed by atoms with Crippen LogP contribution in [0.2, 0.25) is 0 Å². The smallest absolute Gasteiger partial charge is 0.407 e. The van der Waals surface area contributed by atoms with Gasteiger partial charge in [0.1, 0.15) is 29.4 Å². The van der Waals surface area contributed by atoms with E-state index < -0.39 is 24.3 Å². The maximum Gasteiger partial charge on any atom is 0.407 e. The molecule has 4 amide bonds. The molecule has 65 heavy (non-hydrogen) atoms. The van der Waals surface area contributed by atoms with Crippen molar-refractivity contribution in [3.05, 3.63) is 119 Å². The van der Waals surface area contributed by atoms with Crippen molar-refractivity contribution in [2.75, 3.05) is 27.3 Å². The number of carbonyl (C=O) groups excluding carboxylic acids is 4. The number of hydrogen-bond donors (Lipinski definition) is 4. The molecular weight excluding hydrogens is 821 g/mol. The fourth-order valence-corrected chi connectivity index (χ4v) is 8.41. The fraction of sp³-hybridized carbons (Fsp3) is 0.373. The minimum Gasteiger partial charge on any atom is -0.453 e. The number of amides is 4. The number of aromatic amines is 2. The highest BCUT2D eigenvalue weighted by molar-refractivity contribution is 5.88. The summed E-state index contributed by atoms with van der Waals surface area (Å²) in [6.07, 6.45) is 5.14. The van der Waals surface area contributed by atoms with Gasteiger partial charge in [0.2, 0.25) is 5.91 Å². The van der Waals surface area contributed by atoms with Gasteiger partial charge >= 0.3 is 12.2 Å². The van der Waals surface area contributed by atoms with E-state index in [0.29, 0.717) is 42.4 Å². The molecule has 2 saturated heterocycles. The first-order chi connectivity index (χ1) is 31.2. The Morgan fingerprint density at radius 3 is 1.98 bits per heavy atom. The highest BCUT2D eigenvalue weighted by Crippen LogP contribution is 2.36. The molecule has 336 valence electrons. The number of nitrogens with one attached hydrogen (secondary N) is 4. The summed E-state index contributed by atoms with van der Waals surface area (Å²) in [6.45, 7) is 11.4. The number of rotatable bonds is 10. The third kappa shape index (κ3) is 10.6. The molecular formula is C51H56N8O6. The van der Waals surface area contributed by atoms with Crippen molar-refractivity contribution >= 4 is 24.0 Å². The summed E-state index contributed by atoms with van der Waals surface area (Å²) < 4.78 is 9.63. The first-order valence-corrected chi connectivity index (χ1v) is 22.0. The average Bonchev–Trinajstić information content (AvgIpc) is 4.16. The molecule has 4 atom stereocenters. The minimum absolute atomic E-state index is 0.0185. The number of benzene rings is 3. The van der Waals surface area contributed by atoms with Gasteiger partial charge in [-0.25, -0.2) is 19.6 Å². The van der Waals surface area contributed by atoms with Crippen LogP contribution in [0.1, 0.15) is 112 Å². The molecule has 2 aromatic heterocycles. The largest absolute Gasteiger partial charge is 0.453 e. The molecule has 0 aliphatic carbocycles. The summed E-state index contributed by atoms with van der Waals surface area (Å²) in [6, 6.07) is 21.4. The SMILES string of the molecule is COC(=O)NC(C(=O)N1CCCC1c1ncc(C#CC#Cc2ccc(-c3cnc(C4CCCN4C(=O)[C@@H](NC(=O)OC)C(C)C)[nH]3)cc2-c2ccc(C(C)(C)C)cc2)[nH]1)c1ccccc1. The van der Waals surface area contributed by atoms with Crippen molar-refractivity contribution in [1.82, 2.24) is 40.4 Å². The van der Waals surface area contributed by atoms with E-state index in [1.807, 2.05) is 44.2 Å². The Hall–Kier alpha value is -7.32. The number of nitrogens with zero attached hydrogens (tertiary/aromatic N) is 4. The Kier molecular flexibility index (Phi) is 14.1. The number of hydrogen-bond acceptors (Lipinski definition) is 8. The van der Waals surface area contributed by atoms with Crippen molar-refractivity contribution in [2.45, 2.75) is 89.9 Å². The lowest BCUT2D eigenvalue weighted by Gasteiger charge is -2.30. The Bertz CT molecular complexity index is 2640. The number of H-pyrrole nitrogens is 2. The predicted molar refractivity (Wildman–Crippen MR) is 247 cm³/mol. The monoisotopic (exact) mass is 876 g/mol. The van der Waals surface area contributed by atoms with Crippen LogP contribution < -0.4 is 10.6 Å². The van der Waals surface area contributed by atoms with Gasteiger partial charge in [-0.2, -0.15) is 0 Å². The third-order valence-corrected chi connectivity index (χ3v) is 12.0. The number of methoxy groups -OCH3 is 2. The second-order valence-electron chi connectivity index (χ2n) is 17.7. The van der Waals surface area contributed by atoms with E-state index >= 15 is 0 Å². The van der Waals surface area contributed by atoms with Crippen LogP contribution in [0.15, 0.2) is 85.2 Å². The third-order valence-electron chi connectivity index (χ3n) is 12.0. The second kappa shape index (κ2) is 20.0. The van der Waals surface area contributed by atoms with Crippen molar-refractivity contribution in [3.8, 4) is 46.1 Å². The Labute approximate surface area is 380 Å². The predicted octanol–water partition coefficient (Wildman–Crippen LogP) is 7.97. The fourth-order valence-electron chi connectivity index (χ4n) is 8.41. The molecule has 2 aliphatic rings. The van der Waals surface area contributed by atoms with Crippen molar-refractivity contribution < 1.29 is 28.7 Å². The van der Waals surface area contributed by atoms with Crippen LogP contribution in [0.25, 0.3) is 22.4 Å². The van der Waals surface area contributed by atoms with Gasteiger partial charge in [0, 0.05) is 24.2 Å². The van der Waals surface area contributed by atoms with Crippen LogP contribution in [-0.4, -0.2) is 87.1 Å². The first kappa shape index (κ1) is 45.7. The maximum atomic E-state index is 13.9. The molecule has 14 nitrogen and oxygen atoms in total. The second-order valence-corrected chi connectivity index (χ2v) is 17.7. The number of alkyl carbamates (subject to hydrolysis) is 2. The van der Waals surface area contributed by atoms with Gasteiger partial charge in [-0.05, 0) is 89.2 Å². The zero-order chi connectivity index (χ0) is 46.3. The molecule has 4 heterocycles. The van der Waals surface area contributed by atoms with E-state index in [4.69, 9.17) is 14.5 Å². The summed E-state index contributed by atoms with van der Waals surface area (Å²) in [7, 11) is 2.55. The number of likely N-dealkylation sites (tertiary alicyclic amines) is 2. The number of carbonyl (C=O) groups is 4. The van der Waals surface area contributed by atoms with Gasteiger partial charge in [-0.1, -0.05) is 101 Å². The van der Waals surface area contributed by atoms with Gasteiger partial charge in [0.15, 0.2) is 0 Å². The Morgan fingerprint density at radius 2 is 1.34 bits per heavy atom. The molecule has 14 heteroatoms. The topological polar surface area (TPSA) is 175 Å². The zero-order valence-corrected chi connectivity index (χ0v) is 38.0. The number of aromatic nitrogens is 4. The van der Waals surface area contributed by atoms with Crippen LogP contribution in [0.3, 0.4) is 0 Å². The van der Waals surface area contributed by atoms with Crippen LogP contribution in [-0.2, 0) is 24.5 Å². The normalized spacial score (nSPS) is 16.7. The molecule has 2 aliphatic heterocycles. The van der Waals surface area contributed by atoms with Crippen LogP contribution in [0.4, 0.5) is 9.59 Å². The lowest BCUT2D eigenvalue weighted by Crippen LogP contribution is -2.51. The van der Waals surface area contributed by atoms with E-state index in [0.717, 1.165) is 47.2 Å². The van der Waals surface area contributed by atoms with Gasteiger partial charge < -0.3 is 39.9 Å². The highest BCUT2D eigenvalue weighted by atomic mass is 16.5. The van der Waals surface area contributed by atoms with Gasteiger partial charge in [0.25, 0.3) is 5.91 Å². The molecule has 5 aromatic rings. The molecule has 4 N–H and O–H groups in total. The van der Waals surface area contributed by atoms with Crippen LogP contribution in [0.5, 0.6) is 0 Å². The van der Waals surface area contributed by atoms with Crippen LogP contribution >= 0.6 is 0 Å². The molecule has 7 rings (SSSR count). The van der Waals surface area contributed by atoms with Crippen molar-refractivity contribution in [2.24, 2.45) is 5.92 Å². The standard InChI is InChI=1S/C51H56N8O6/c1-32(2)43(56-49(62)64-6)47(60)58-27-14-20-42(58)46-53-31-40(55-46)36-22-21-33(39(29-36)34-23-25-37(26-24-34)51(3,4)5)15-11-12-18-38-30-52-45(54-38)41-19-13-28-59(41)48(61)44(57-50(63)65-7)35-16-9-8-10-17-35/h8-10,16-17,21-26,29-32,41-44H,13-14,19-20,27-28H2,1-7H3,(H,52,54)(H,53,55)(H,56,62)(H,57,63)/t41?,42?,43-,44?/m0/s1. The summed E-state index contributed by atoms with van der Waals surface area (Å²) in [5.41, 5.74) is 6.81. The molecule has 0 saturated carbocycles. The maximum absolute atomic E-state index is 13.9. The summed E-state index contributed by atoms with van der Waals surface area (Å²) in [5, 5.41) is 5.41. The van der Waals surface area contributed by atoms with Crippen LogP contribution in [0, 0.1) is 29.6 Å². The molecule has 3 aromatic carbocycles.